The number of carboxylic acids is 1. The number of fused-ring (bicyclic) bond motifs is 1. The first kappa shape index (κ1) is 10.2. The van der Waals surface area contributed by atoms with Crippen molar-refractivity contribution in [3.8, 4) is 0 Å². The lowest BCUT2D eigenvalue weighted by atomic mass is 9.88. The molecule has 0 bridgehead atoms. The lowest BCUT2D eigenvalue weighted by Crippen LogP contribution is -2.12. The number of carbonyl (C=O) groups is 1. The Kier molecular flexibility index (Phi) is 2.73. The zero-order valence-corrected chi connectivity index (χ0v) is 8.69. The monoisotopic (exact) mass is 206 g/mol. The van der Waals surface area contributed by atoms with Crippen LogP contribution in [0.1, 0.15) is 40.4 Å². The second-order valence-electron chi connectivity index (χ2n) is 3.84. The van der Waals surface area contributed by atoms with E-state index in [1.807, 2.05) is 6.07 Å². The fourth-order valence-electron chi connectivity index (χ4n) is 2.13. The predicted octanol–water partition coefficient (Wildman–Crippen LogP) is 2.41. The van der Waals surface area contributed by atoms with E-state index >= 15 is 0 Å². The maximum absolute atomic E-state index is 10.8. The number of aryl methyl sites for hydroxylation is 1. The van der Waals surface area contributed by atoms with Gasteiger partial charge in [0.15, 0.2) is 0 Å². The molecule has 0 radical (unpaired) electrons. The molecule has 15 heavy (non-hydrogen) atoms. The largest absolute Gasteiger partial charge is 0.478 e. The van der Waals surface area contributed by atoms with Gasteiger partial charge in [0.05, 0.1) is 11.7 Å². The molecule has 0 aliphatic heterocycles. The van der Waals surface area contributed by atoms with Crippen LogP contribution in [0.4, 0.5) is 0 Å². The maximum atomic E-state index is 10.8. The smallest absolute Gasteiger partial charge is 0.335 e. The Morgan fingerprint density at radius 2 is 2.33 bits per heavy atom. The number of hydrogen-bond donors (Lipinski definition) is 1. The van der Waals surface area contributed by atoms with E-state index in [-0.39, 0.29) is 6.10 Å². The molecule has 3 nitrogen and oxygen atoms in total. The Morgan fingerprint density at radius 1 is 1.53 bits per heavy atom. The summed E-state index contributed by atoms with van der Waals surface area (Å²) in [6, 6.07) is 5.31. The Labute approximate surface area is 88.7 Å². The third kappa shape index (κ3) is 1.88. The number of rotatable bonds is 2. The minimum Gasteiger partial charge on any atom is -0.478 e. The Balaban J connectivity index is 2.43. The summed E-state index contributed by atoms with van der Waals surface area (Å²) in [5.41, 5.74) is 2.61. The normalized spacial score (nSPS) is 19.7. The highest BCUT2D eigenvalue weighted by atomic mass is 16.5. The Morgan fingerprint density at radius 3 is 3.00 bits per heavy atom. The second kappa shape index (κ2) is 4.03. The molecule has 0 saturated carbocycles. The van der Waals surface area contributed by atoms with Crippen LogP contribution in [0.3, 0.4) is 0 Å². The van der Waals surface area contributed by atoms with E-state index in [2.05, 4.69) is 0 Å². The number of benzene rings is 1. The molecular formula is C12H14O3. The topological polar surface area (TPSA) is 46.5 Å². The second-order valence-corrected chi connectivity index (χ2v) is 3.84. The van der Waals surface area contributed by atoms with Crippen LogP contribution in [-0.2, 0) is 11.2 Å². The van der Waals surface area contributed by atoms with E-state index in [0.717, 1.165) is 24.8 Å². The van der Waals surface area contributed by atoms with E-state index in [9.17, 15) is 4.79 Å². The van der Waals surface area contributed by atoms with Gasteiger partial charge in [-0.2, -0.15) is 0 Å². The van der Waals surface area contributed by atoms with Crippen LogP contribution in [-0.4, -0.2) is 18.2 Å². The number of methoxy groups -OCH3 is 1. The summed E-state index contributed by atoms with van der Waals surface area (Å²) in [5, 5.41) is 8.90. The molecule has 1 unspecified atom stereocenters. The maximum Gasteiger partial charge on any atom is 0.335 e. The molecule has 0 spiro atoms. The van der Waals surface area contributed by atoms with E-state index in [1.165, 1.54) is 5.56 Å². The van der Waals surface area contributed by atoms with Gasteiger partial charge >= 0.3 is 5.97 Å². The van der Waals surface area contributed by atoms with Gasteiger partial charge < -0.3 is 9.84 Å². The molecule has 0 heterocycles. The van der Waals surface area contributed by atoms with Crippen molar-refractivity contribution < 1.29 is 14.6 Å². The molecule has 0 fully saturated rings. The summed E-state index contributed by atoms with van der Waals surface area (Å²) in [6.07, 6.45) is 3.17. The third-order valence-corrected chi connectivity index (χ3v) is 2.94. The van der Waals surface area contributed by atoms with Crippen molar-refractivity contribution >= 4 is 5.97 Å². The number of aromatic carboxylic acids is 1. The fourth-order valence-corrected chi connectivity index (χ4v) is 2.13. The minimum absolute atomic E-state index is 0.0630. The van der Waals surface area contributed by atoms with Gasteiger partial charge in [0.25, 0.3) is 0 Å². The SMILES string of the molecule is COC1CCCc2ccc(C(=O)O)cc21. The number of hydrogen-bond acceptors (Lipinski definition) is 2. The highest BCUT2D eigenvalue weighted by Gasteiger charge is 2.20. The molecule has 1 aromatic rings. The van der Waals surface area contributed by atoms with Gasteiger partial charge in [0.1, 0.15) is 0 Å². The summed E-state index contributed by atoms with van der Waals surface area (Å²) in [6.45, 7) is 0. The van der Waals surface area contributed by atoms with Crippen molar-refractivity contribution in [2.75, 3.05) is 7.11 Å². The molecule has 1 aliphatic rings. The van der Waals surface area contributed by atoms with Gasteiger partial charge in [-0.3, -0.25) is 0 Å². The summed E-state index contributed by atoms with van der Waals surface area (Å²) >= 11 is 0. The average molecular weight is 206 g/mol. The molecule has 2 rings (SSSR count). The van der Waals surface area contributed by atoms with Gasteiger partial charge in [0.2, 0.25) is 0 Å². The van der Waals surface area contributed by atoms with Gasteiger partial charge in [-0.25, -0.2) is 4.79 Å². The molecule has 0 saturated heterocycles. The van der Waals surface area contributed by atoms with Gasteiger partial charge in [-0.05, 0) is 42.5 Å². The van der Waals surface area contributed by atoms with Crippen LogP contribution in [0, 0.1) is 0 Å². The van der Waals surface area contributed by atoms with E-state index in [0.29, 0.717) is 5.56 Å². The standard InChI is InChI=1S/C12H14O3/c1-15-11-4-2-3-8-5-6-9(12(13)14)7-10(8)11/h5-7,11H,2-4H2,1H3,(H,13,14). The molecule has 1 aromatic carbocycles. The van der Waals surface area contributed by atoms with Crippen molar-refractivity contribution in [1.82, 2.24) is 0 Å². The van der Waals surface area contributed by atoms with E-state index in [1.54, 1.807) is 19.2 Å². The lowest BCUT2D eigenvalue weighted by molar-refractivity contribution is 0.0694. The summed E-state index contributed by atoms with van der Waals surface area (Å²) < 4.78 is 5.36. The molecule has 80 valence electrons. The Hall–Kier alpha value is -1.35. The highest BCUT2D eigenvalue weighted by molar-refractivity contribution is 5.88. The summed E-state index contributed by atoms with van der Waals surface area (Å²) in [4.78, 5) is 10.8. The van der Waals surface area contributed by atoms with Gasteiger partial charge in [-0.1, -0.05) is 6.07 Å². The summed E-state index contributed by atoms with van der Waals surface area (Å²) in [7, 11) is 1.67. The van der Waals surface area contributed by atoms with Crippen LogP contribution in [0.15, 0.2) is 18.2 Å². The van der Waals surface area contributed by atoms with Crippen LogP contribution in [0.5, 0.6) is 0 Å². The van der Waals surface area contributed by atoms with Crippen molar-refractivity contribution in [1.29, 1.82) is 0 Å². The first-order chi connectivity index (χ1) is 7.22. The zero-order chi connectivity index (χ0) is 10.8. The van der Waals surface area contributed by atoms with E-state index < -0.39 is 5.97 Å². The van der Waals surface area contributed by atoms with Crippen LogP contribution in [0.25, 0.3) is 0 Å². The zero-order valence-electron chi connectivity index (χ0n) is 8.69. The van der Waals surface area contributed by atoms with Crippen LogP contribution in [0.2, 0.25) is 0 Å². The summed E-state index contributed by atoms with van der Waals surface area (Å²) in [5.74, 6) is -0.877. The number of carboxylic acid groups (broad SMARTS) is 1. The average Bonchev–Trinajstić information content (AvgIpc) is 2.27. The quantitative estimate of drug-likeness (QED) is 0.808. The molecule has 1 atom stereocenters. The minimum atomic E-state index is -0.877. The van der Waals surface area contributed by atoms with Crippen molar-refractivity contribution in [3.63, 3.8) is 0 Å². The van der Waals surface area contributed by atoms with Gasteiger partial charge in [0, 0.05) is 7.11 Å². The fraction of sp³-hybridized carbons (Fsp3) is 0.417. The first-order valence-corrected chi connectivity index (χ1v) is 5.11. The molecule has 0 amide bonds. The third-order valence-electron chi connectivity index (χ3n) is 2.94. The highest BCUT2D eigenvalue weighted by Crippen LogP contribution is 2.32. The van der Waals surface area contributed by atoms with Crippen molar-refractivity contribution in [2.45, 2.75) is 25.4 Å². The van der Waals surface area contributed by atoms with Crippen LogP contribution >= 0.6 is 0 Å². The molecule has 0 aromatic heterocycles. The number of ether oxygens (including phenoxy) is 1. The van der Waals surface area contributed by atoms with Crippen LogP contribution < -0.4 is 0 Å². The molecule has 1 aliphatic carbocycles. The van der Waals surface area contributed by atoms with Crippen molar-refractivity contribution in [3.05, 3.63) is 34.9 Å². The van der Waals surface area contributed by atoms with Crippen molar-refractivity contribution in [2.24, 2.45) is 0 Å². The molecule has 3 heteroatoms. The van der Waals surface area contributed by atoms with Gasteiger partial charge in [-0.15, -0.1) is 0 Å². The first-order valence-electron chi connectivity index (χ1n) is 5.11. The predicted molar refractivity (Wildman–Crippen MR) is 56.1 cm³/mol. The molecular weight excluding hydrogens is 192 g/mol. The Bertz CT molecular complexity index is 384. The van der Waals surface area contributed by atoms with E-state index in [4.69, 9.17) is 9.84 Å². The lowest BCUT2D eigenvalue weighted by Gasteiger charge is -2.24. The molecule has 1 N–H and O–H groups in total.